The first-order valence-corrected chi connectivity index (χ1v) is 9.88. The van der Waals surface area contributed by atoms with Gasteiger partial charge in [-0.05, 0) is 19.1 Å². The van der Waals surface area contributed by atoms with Crippen LogP contribution in [-0.4, -0.2) is 64.2 Å². The first-order valence-electron chi connectivity index (χ1n) is 9.00. The Morgan fingerprint density at radius 2 is 1.83 bits per heavy atom. The Hall–Kier alpha value is -2.85. The highest BCUT2D eigenvalue weighted by Crippen LogP contribution is 2.38. The van der Waals surface area contributed by atoms with Gasteiger partial charge in [-0.3, -0.25) is 4.79 Å². The average molecular weight is 420 g/mol. The summed E-state index contributed by atoms with van der Waals surface area (Å²) in [6.07, 6.45) is 0. The highest BCUT2D eigenvalue weighted by Gasteiger charge is 2.18. The molecule has 9 nitrogen and oxygen atoms in total. The molecule has 29 heavy (non-hydrogen) atoms. The number of hydrogen-bond acceptors (Lipinski definition) is 9. The molecule has 1 aromatic carbocycles. The summed E-state index contributed by atoms with van der Waals surface area (Å²) in [6.45, 7) is 4.65. The summed E-state index contributed by atoms with van der Waals surface area (Å²) >= 11 is 1.43. The number of carbonyl (C=O) groups is 1. The van der Waals surface area contributed by atoms with Gasteiger partial charge >= 0.3 is 0 Å². The molecule has 0 unspecified atom stereocenters. The van der Waals surface area contributed by atoms with Crippen molar-refractivity contribution in [1.29, 1.82) is 0 Å². The summed E-state index contributed by atoms with van der Waals surface area (Å²) < 4.78 is 21.4. The normalized spacial score (nSPS) is 14.5. The monoisotopic (exact) mass is 420 g/mol. The van der Waals surface area contributed by atoms with Crippen LogP contribution in [0.5, 0.6) is 17.2 Å². The van der Waals surface area contributed by atoms with E-state index in [1.54, 1.807) is 45.8 Å². The maximum Gasteiger partial charge on any atom is 0.290 e. The highest BCUT2D eigenvalue weighted by molar-refractivity contribution is 7.13. The number of morpholine rings is 1. The van der Waals surface area contributed by atoms with E-state index in [1.165, 1.54) is 11.3 Å². The van der Waals surface area contributed by atoms with Crippen LogP contribution in [0.3, 0.4) is 0 Å². The molecule has 3 rings (SSSR count). The number of anilines is 1. The number of rotatable bonds is 7. The second kappa shape index (κ2) is 9.57. The molecule has 0 spiro atoms. The Balaban J connectivity index is 1.72. The summed E-state index contributed by atoms with van der Waals surface area (Å²) in [4.78, 5) is 19.0. The molecule has 1 N–H and O–H groups in total. The Labute approximate surface area is 173 Å². The molecule has 0 aliphatic carbocycles. The van der Waals surface area contributed by atoms with E-state index in [-0.39, 0.29) is 5.91 Å². The van der Waals surface area contributed by atoms with E-state index in [1.807, 2.05) is 0 Å². The van der Waals surface area contributed by atoms with Crippen LogP contribution in [-0.2, 0) is 4.74 Å². The van der Waals surface area contributed by atoms with Gasteiger partial charge in [0.25, 0.3) is 5.91 Å². The summed E-state index contributed by atoms with van der Waals surface area (Å²) in [6, 6.07) is 3.54. The van der Waals surface area contributed by atoms with Gasteiger partial charge in [-0.1, -0.05) is 0 Å². The molecule has 0 atom stereocenters. The molecular formula is C19H24N4O5S. The van der Waals surface area contributed by atoms with E-state index in [0.717, 1.165) is 23.8 Å². The van der Waals surface area contributed by atoms with E-state index in [2.05, 4.69) is 20.4 Å². The molecule has 1 fully saturated rings. The van der Waals surface area contributed by atoms with E-state index in [0.29, 0.717) is 41.9 Å². The minimum atomic E-state index is -0.368. The maximum absolute atomic E-state index is 12.4. The summed E-state index contributed by atoms with van der Waals surface area (Å²) in [5.74, 6) is 1.15. The Morgan fingerprint density at radius 3 is 2.41 bits per heavy atom. The van der Waals surface area contributed by atoms with Crippen LogP contribution in [0.25, 0.3) is 0 Å². The van der Waals surface area contributed by atoms with Crippen molar-refractivity contribution in [3.05, 3.63) is 28.8 Å². The molecule has 0 saturated carbocycles. The fraction of sp³-hybridized carbons (Fsp3) is 0.421. The Morgan fingerprint density at radius 1 is 1.17 bits per heavy atom. The number of hydrogen-bond donors (Lipinski definition) is 1. The Bertz CT molecular complexity index is 867. The summed E-state index contributed by atoms with van der Waals surface area (Å²) in [5, 5.41) is 6.73. The van der Waals surface area contributed by atoms with Crippen LogP contribution in [0.4, 0.5) is 5.13 Å². The van der Waals surface area contributed by atoms with Gasteiger partial charge in [0.15, 0.2) is 16.6 Å². The SMILES string of the molecule is COc1cc(/C(C)=N/NC(=O)c2csc(N3CCOCC3)n2)cc(OC)c1OC. The number of methoxy groups -OCH3 is 3. The first kappa shape index (κ1) is 20.9. The smallest absolute Gasteiger partial charge is 0.290 e. The molecule has 1 aliphatic rings. The van der Waals surface area contributed by atoms with Gasteiger partial charge in [0.05, 0.1) is 40.3 Å². The van der Waals surface area contributed by atoms with Crippen LogP contribution in [0.1, 0.15) is 23.0 Å². The van der Waals surface area contributed by atoms with E-state index in [9.17, 15) is 4.79 Å². The molecule has 0 radical (unpaired) electrons. The largest absolute Gasteiger partial charge is 0.493 e. The number of nitrogens with one attached hydrogen (secondary N) is 1. The van der Waals surface area contributed by atoms with Crippen molar-refractivity contribution in [2.75, 3.05) is 52.5 Å². The van der Waals surface area contributed by atoms with Gasteiger partial charge in [-0.15, -0.1) is 11.3 Å². The number of nitrogens with zero attached hydrogens (tertiary/aromatic N) is 3. The lowest BCUT2D eigenvalue weighted by atomic mass is 10.1. The quantitative estimate of drug-likeness (QED) is 0.542. The van der Waals surface area contributed by atoms with Crippen molar-refractivity contribution in [1.82, 2.24) is 10.4 Å². The second-order valence-corrected chi connectivity index (χ2v) is 7.00. The molecule has 1 saturated heterocycles. The van der Waals surface area contributed by atoms with Crippen molar-refractivity contribution in [2.45, 2.75) is 6.92 Å². The van der Waals surface area contributed by atoms with E-state index in [4.69, 9.17) is 18.9 Å². The van der Waals surface area contributed by atoms with Crippen LogP contribution in [0, 0.1) is 0 Å². The summed E-state index contributed by atoms with van der Waals surface area (Å²) in [5.41, 5.74) is 4.20. The predicted octanol–water partition coefficient (Wildman–Crippen LogP) is 2.16. The Kier molecular flexibility index (Phi) is 6.89. The maximum atomic E-state index is 12.4. The second-order valence-electron chi connectivity index (χ2n) is 6.17. The molecule has 156 valence electrons. The van der Waals surface area contributed by atoms with Crippen LogP contribution >= 0.6 is 11.3 Å². The van der Waals surface area contributed by atoms with Gasteiger partial charge in [-0.25, -0.2) is 10.4 Å². The van der Waals surface area contributed by atoms with Gasteiger partial charge < -0.3 is 23.8 Å². The number of hydrazone groups is 1. The highest BCUT2D eigenvalue weighted by atomic mass is 32.1. The lowest BCUT2D eigenvalue weighted by Gasteiger charge is -2.25. The van der Waals surface area contributed by atoms with Crippen LogP contribution < -0.4 is 24.5 Å². The predicted molar refractivity (Wildman–Crippen MR) is 111 cm³/mol. The van der Waals surface area contributed by atoms with Gasteiger partial charge in [-0.2, -0.15) is 5.10 Å². The fourth-order valence-corrected chi connectivity index (χ4v) is 3.67. The fourth-order valence-electron chi connectivity index (χ4n) is 2.81. The van der Waals surface area contributed by atoms with Crippen molar-refractivity contribution in [2.24, 2.45) is 5.10 Å². The topological polar surface area (TPSA) is 94.5 Å². The molecule has 1 aromatic heterocycles. The first-order chi connectivity index (χ1) is 14.1. The lowest BCUT2D eigenvalue weighted by Crippen LogP contribution is -2.36. The zero-order valence-corrected chi connectivity index (χ0v) is 17.7. The van der Waals surface area contributed by atoms with E-state index >= 15 is 0 Å². The third-order valence-electron chi connectivity index (χ3n) is 4.41. The van der Waals surface area contributed by atoms with Crippen molar-refractivity contribution < 1.29 is 23.7 Å². The lowest BCUT2D eigenvalue weighted by molar-refractivity contribution is 0.0950. The van der Waals surface area contributed by atoms with E-state index < -0.39 is 0 Å². The van der Waals surface area contributed by atoms with Crippen molar-refractivity contribution in [3.8, 4) is 17.2 Å². The molecule has 10 heteroatoms. The molecule has 2 heterocycles. The third kappa shape index (κ3) is 4.77. The number of benzene rings is 1. The minimum absolute atomic E-state index is 0.331. The molecule has 1 amide bonds. The van der Waals surface area contributed by atoms with Crippen LogP contribution in [0.2, 0.25) is 0 Å². The van der Waals surface area contributed by atoms with Gasteiger partial charge in [0.1, 0.15) is 5.69 Å². The molecule has 2 aromatic rings. The van der Waals surface area contributed by atoms with Crippen LogP contribution in [0.15, 0.2) is 22.6 Å². The number of amides is 1. The number of aromatic nitrogens is 1. The zero-order chi connectivity index (χ0) is 20.8. The standard InChI is InChI=1S/C19H24N4O5S/c1-12(13-9-15(25-2)17(27-4)16(10-13)26-3)21-22-18(24)14-11-29-19(20-14)23-5-7-28-8-6-23/h9-11H,5-8H2,1-4H3,(H,22,24)/b21-12+. The average Bonchev–Trinajstić information content (AvgIpc) is 3.27. The number of ether oxygens (including phenoxy) is 4. The van der Waals surface area contributed by atoms with Gasteiger partial charge in [0.2, 0.25) is 5.75 Å². The number of carbonyl (C=O) groups excluding carboxylic acids is 1. The molecule has 0 bridgehead atoms. The minimum Gasteiger partial charge on any atom is -0.493 e. The van der Waals surface area contributed by atoms with Crippen molar-refractivity contribution >= 4 is 28.1 Å². The third-order valence-corrected chi connectivity index (χ3v) is 5.32. The van der Waals surface area contributed by atoms with Gasteiger partial charge in [0, 0.05) is 24.0 Å². The molecule has 1 aliphatic heterocycles. The zero-order valence-electron chi connectivity index (χ0n) is 16.9. The summed E-state index contributed by atoms with van der Waals surface area (Å²) in [7, 11) is 4.63. The number of thiazole rings is 1. The molecular weight excluding hydrogens is 396 g/mol. The van der Waals surface area contributed by atoms with Crippen molar-refractivity contribution in [3.63, 3.8) is 0 Å².